The summed E-state index contributed by atoms with van der Waals surface area (Å²) < 4.78 is 0. The van der Waals surface area contributed by atoms with E-state index in [0.717, 1.165) is 11.1 Å². The standard InChI is InChI=1S/C16H12N2O/c17-11-15-13(9-10-16(18)19)7-4-8-14(15)12-5-2-1-3-6-12/h1-10H,(H2,18,19)/b10-9+. The normalized spacial score (nSPS) is 10.3. The van der Waals surface area contributed by atoms with Crippen LogP contribution in [-0.2, 0) is 4.79 Å². The summed E-state index contributed by atoms with van der Waals surface area (Å²) in [4.78, 5) is 10.8. The third kappa shape index (κ3) is 2.88. The monoisotopic (exact) mass is 248 g/mol. The topological polar surface area (TPSA) is 66.9 Å². The highest BCUT2D eigenvalue weighted by Gasteiger charge is 2.07. The van der Waals surface area contributed by atoms with Crippen molar-refractivity contribution < 1.29 is 4.79 Å². The quantitative estimate of drug-likeness (QED) is 0.848. The maximum Gasteiger partial charge on any atom is 0.241 e. The van der Waals surface area contributed by atoms with Gasteiger partial charge in [0.2, 0.25) is 5.91 Å². The molecular weight excluding hydrogens is 236 g/mol. The van der Waals surface area contributed by atoms with Crippen LogP contribution in [0, 0.1) is 11.3 Å². The maximum atomic E-state index is 10.8. The lowest BCUT2D eigenvalue weighted by atomic mass is 9.96. The number of carbonyl (C=O) groups excluding carboxylic acids is 1. The van der Waals surface area contributed by atoms with Crippen LogP contribution >= 0.6 is 0 Å². The van der Waals surface area contributed by atoms with Gasteiger partial charge in [-0.3, -0.25) is 4.79 Å². The summed E-state index contributed by atoms with van der Waals surface area (Å²) in [6.07, 6.45) is 2.82. The second-order valence-corrected chi connectivity index (χ2v) is 3.98. The molecular formula is C16H12N2O. The first kappa shape index (κ1) is 12.6. The Labute approximate surface area is 111 Å². The molecule has 0 saturated heterocycles. The Morgan fingerprint density at radius 3 is 2.47 bits per heavy atom. The van der Waals surface area contributed by atoms with E-state index in [4.69, 9.17) is 5.73 Å². The average molecular weight is 248 g/mol. The van der Waals surface area contributed by atoms with E-state index in [1.807, 2.05) is 42.5 Å². The van der Waals surface area contributed by atoms with E-state index in [-0.39, 0.29) is 0 Å². The highest BCUT2D eigenvalue weighted by atomic mass is 16.1. The van der Waals surface area contributed by atoms with Gasteiger partial charge in [0, 0.05) is 11.6 Å². The summed E-state index contributed by atoms with van der Waals surface area (Å²) in [5.74, 6) is -0.533. The molecule has 0 saturated carbocycles. The third-order valence-corrected chi connectivity index (χ3v) is 2.72. The van der Waals surface area contributed by atoms with Crippen molar-refractivity contribution in [3.63, 3.8) is 0 Å². The molecule has 2 aromatic rings. The lowest BCUT2D eigenvalue weighted by Crippen LogP contribution is -2.05. The maximum absolute atomic E-state index is 10.8. The first-order valence-corrected chi connectivity index (χ1v) is 5.78. The molecule has 1 amide bonds. The number of hydrogen-bond donors (Lipinski definition) is 1. The second-order valence-electron chi connectivity index (χ2n) is 3.98. The number of carbonyl (C=O) groups is 1. The van der Waals surface area contributed by atoms with Crippen molar-refractivity contribution in [1.29, 1.82) is 5.26 Å². The Hall–Kier alpha value is -2.86. The van der Waals surface area contributed by atoms with Gasteiger partial charge in [-0.15, -0.1) is 0 Å². The van der Waals surface area contributed by atoms with Crippen molar-refractivity contribution in [2.24, 2.45) is 5.73 Å². The zero-order valence-electron chi connectivity index (χ0n) is 10.2. The van der Waals surface area contributed by atoms with Gasteiger partial charge in [0.25, 0.3) is 0 Å². The molecule has 0 aromatic heterocycles. The predicted octanol–water partition coefficient (Wildman–Crippen LogP) is 2.72. The molecule has 0 spiro atoms. The Balaban J connectivity index is 2.56. The molecule has 2 N–H and O–H groups in total. The smallest absolute Gasteiger partial charge is 0.241 e. The molecule has 92 valence electrons. The largest absolute Gasteiger partial charge is 0.366 e. The van der Waals surface area contributed by atoms with Gasteiger partial charge in [-0.1, -0.05) is 48.5 Å². The minimum atomic E-state index is -0.533. The van der Waals surface area contributed by atoms with Crippen LogP contribution in [0.2, 0.25) is 0 Å². The van der Waals surface area contributed by atoms with Crippen LogP contribution in [0.25, 0.3) is 17.2 Å². The van der Waals surface area contributed by atoms with Gasteiger partial charge >= 0.3 is 0 Å². The Kier molecular flexibility index (Phi) is 3.75. The number of nitrogens with two attached hydrogens (primary N) is 1. The molecule has 2 aromatic carbocycles. The molecule has 3 heteroatoms. The minimum absolute atomic E-state index is 0.533. The van der Waals surface area contributed by atoms with Crippen molar-refractivity contribution in [2.75, 3.05) is 0 Å². The molecule has 0 aliphatic rings. The lowest BCUT2D eigenvalue weighted by Gasteiger charge is -2.06. The molecule has 19 heavy (non-hydrogen) atoms. The van der Waals surface area contributed by atoms with Crippen LogP contribution in [0.1, 0.15) is 11.1 Å². The summed E-state index contributed by atoms with van der Waals surface area (Å²) in [5, 5.41) is 9.33. The first-order chi connectivity index (χ1) is 9.22. The van der Waals surface area contributed by atoms with Gasteiger partial charge in [-0.2, -0.15) is 5.26 Å². The molecule has 0 bridgehead atoms. The van der Waals surface area contributed by atoms with Crippen LogP contribution in [0.4, 0.5) is 0 Å². The number of primary amides is 1. The average Bonchev–Trinajstić information content (AvgIpc) is 2.45. The van der Waals surface area contributed by atoms with Crippen LogP contribution in [0.15, 0.2) is 54.6 Å². The molecule has 0 unspecified atom stereocenters. The number of hydrogen-bond acceptors (Lipinski definition) is 2. The Morgan fingerprint density at radius 1 is 1.11 bits per heavy atom. The van der Waals surface area contributed by atoms with E-state index in [2.05, 4.69) is 6.07 Å². The summed E-state index contributed by atoms with van der Waals surface area (Å²) >= 11 is 0. The highest BCUT2D eigenvalue weighted by Crippen LogP contribution is 2.26. The SMILES string of the molecule is N#Cc1c(/C=C/C(N)=O)cccc1-c1ccccc1. The molecule has 0 fully saturated rings. The molecule has 2 rings (SSSR count). The zero-order chi connectivity index (χ0) is 13.7. The van der Waals surface area contributed by atoms with Crippen LogP contribution in [0.3, 0.4) is 0 Å². The third-order valence-electron chi connectivity index (χ3n) is 2.72. The summed E-state index contributed by atoms with van der Waals surface area (Å²) in [6, 6.07) is 17.3. The fourth-order valence-electron chi connectivity index (χ4n) is 1.86. The minimum Gasteiger partial charge on any atom is -0.366 e. The fourth-order valence-corrected chi connectivity index (χ4v) is 1.86. The molecule has 0 aliphatic carbocycles. The summed E-state index contributed by atoms with van der Waals surface area (Å²) in [6.45, 7) is 0. The van der Waals surface area contributed by atoms with E-state index in [0.29, 0.717) is 11.1 Å². The van der Waals surface area contributed by atoms with Crippen molar-refractivity contribution >= 4 is 12.0 Å². The van der Waals surface area contributed by atoms with Gasteiger partial charge < -0.3 is 5.73 Å². The van der Waals surface area contributed by atoms with Crippen LogP contribution in [-0.4, -0.2) is 5.91 Å². The number of nitrogens with zero attached hydrogens (tertiary/aromatic N) is 1. The van der Waals surface area contributed by atoms with Gasteiger partial charge in [0.05, 0.1) is 5.56 Å². The predicted molar refractivity (Wildman–Crippen MR) is 74.8 cm³/mol. The number of benzene rings is 2. The first-order valence-electron chi connectivity index (χ1n) is 5.78. The number of nitriles is 1. The van der Waals surface area contributed by atoms with Crippen molar-refractivity contribution in [3.05, 3.63) is 65.7 Å². The second kappa shape index (κ2) is 5.65. The van der Waals surface area contributed by atoms with Crippen molar-refractivity contribution in [1.82, 2.24) is 0 Å². The highest BCUT2D eigenvalue weighted by molar-refractivity contribution is 5.91. The van der Waals surface area contributed by atoms with Crippen LogP contribution in [0.5, 0.6) is 0 Å². The zero-order valence-corrected chi connectivity index (χ0v) is 10.2. The molecule has 0 aliphatic heterocycles. The summed E-state index contributed by atoms with van der Waals surface area (Å²) in [5.41, 5.74) is 8.10. The van der Waals surface area contributed by atoms with E-state index < -0.39 is 5.91 Å². The van der Waals surface area contributed by atoms with Crippen molar-refractivity contribution in [2.45, 2.75) is 0 Å². The van der Waals surface area contributed by atoms with Crippen molar-refractivity contribution in [3.8, 4) is 17.2 Å². The summed E-state index contributed by atoms with van der Waals surface area (Å²) in [7, 11) is 0. The van der Waals surface area contributed by atoms with Gasteiger partial charge in [-0.25, -0.2) is 0 Å². The Morgan fingerprint density at radius 2 is 1.84 bits per heavy atom. The van der Waals surface area contributed by atoms with E-state index >= 15 is 0 Å². The van der Waals surface area contributed by atoms with Gasteiger partial charge in [-0.05, 0) is 17.2 Å². The number of rotatable bonds is 3. The van der Waals surface area contributed by atoms with Crippen LogP contribution < -0.4 is 5.73 Å². The van der Waals surface area contributed by atoms with E-state index in [9.17, 15) is 10.1 Å². The molecule has 0 radical (unpaired) electrons. The van der Waals surface area contributed by atoms with E-state index in [1.54, 1.807) is 12.1 Å². The molecule has 0 heterocycles. The molecule has 3 nitrogen and oxygen atoms in total. The fraction of sp³-hybridized carbons (Fsp3) is 0. The lowest BCUT2D eigenvalue weighted by molar-refractivity contribution is -0.113. The van der Waals surface area contributed by atoms with Gasteiger partial charge in [0.1, 0.15) is 6.07 Å². The molecule has 0 atom stereocenters. The number of amides is 1. The van der Waals surface area contributed by atoms with E-state index in [1.165, 1.54) is 6.08 Å². The Bertz CT molecular complexity index is 667. The van der Waals surface area contributed by atoms with Gasteiger partial charge in [0.15, 0.2) is 0 Å².